The summed E-state index contributed by atoms with van der Waals surface area (Å²) < 4.78 is 0. The number of amides is 1. The van der Waals surface area contributed by atoms with Crippen LogP contribution in [0.15, 0.2) is 78.9 Å². The summed E-state index contributed by atoms with van der Waals surface area (Å²) in [5.74, 6) is -0.155. The summed E-state index contributed by atoms with van der Waals surface area (Å²) >= 11 is 0. The van der Waals surface area contributed by atoms with Crippen LogP contribution in [0.4, 0.5) is 5.69 Å². The van der Waals surface area contributed by atoms with Crippen molar-refractivity contribution >= 4 is 11.6 Å². The number of nitrogens with one attached hydrogen (secondary N) is 2. The lowest BCUT2D eigenvalue weighted by Crippen LogP contribution is -2.31. The van der Waals surface area contributed by atoms with Gasteiger partial charge in [-0.2, -0.15) is 5.26 Å². The normalized spacial score (nSPS) is 11.4. The van der Waals surface area contributed by atoms with Crippen LogP contribution in [0.3, 0.4) is 0 Å². The molecule has 0 fully saturated rings. The Balaban J connectivity index is 1.71. The maximum absolute atomic E-state index is 12.4. The molecular formula is C23H21N3O. The average Bonchev–Trinajstić information content (AvgIpc) is 2.70. The molecule has 4 nitrogen and oxygen atoms in total. The zero-order valence-electron chi connectivity index (χ0n) is 15.1. The molecule has 134 valence electrons. The van der Waals surface area contributed by atoms with Gasteiger partial charge < -0.3 is 5.32 Å². The largest absolute Gasteiger partial charge is 0.325 e. The van der Waals surface area contributed by atoms with Crippen LogP contribution in [0.2, 0.25) is 0 Å². The lowest BCUT2D eigenvalue weighted by molar-refractivity contribution is -0.115. The van der Waals surface area contributed by atoms with E-state index in [1.165, 1.54) is 5.56 Å². The molecule has 0 aliphatic rings. The summed E-state index contributed by atoms with van der Waals surface area (Å²) in [5.41, 5.74) is 4.53. The van der Waals surface area contributed by atoms with E-state index in [9.17, 15) is 4.79 Å². The number of nitriles is 1. The number of carbonyl (C=O) groups is 1. The fourth-order valence-electron chi connectivity index (χ4n) is 2.90. The summed E-state index contributed by atoms with van der Waals surface area (Å²) in [6.07, 6.45) is 0. The minimum absolute atomic E-state index is 0.0806. The Kier molecular flexibility index (Phi) is 5.98. The van der Waals surface area contributed by atoms with Gasteiger partial charge in [0.2, 0.25) is 5.91 Å². The highest BCUT2D eigenvalue weighted by atomic mass is 16.1. The zero-order valence-corrected chi connectivity index (χ0v) is 15.1. The average molecular weight is 355 g/mol. The van der Waals surface area contributed by atoms with Crippen LogP contribution in [0, 0.1) is 18.3 Å². The van der Waals surface area contributed by atoms with Gasteiger partial charge in [0.05, 0.1) is 24.2 Å². The number of carbonyl (C=O) groups excluding carboxylic acids is 1. The molecule has 0 unspecified atom stereocenters. The first-order chi connectivity index (χ1) is 13.2. The van der Waals surface area contributed by atoms with Crippen LogP contribution < -0.4 is 10.6 Å². The van der Waals surface area contributed by atoms with Crippen molar-refractivity contribution in [2.24, 2.45) is 0 Å². The second-order valence-electron chi connectivity index (χ2n) is 6.38. The molecule has 27 heavy (non-hydrogen) atoms. The van der Waals surface area contributed by atoms with Crippen molar-refractivity contribution in [3.63, 3.8) is 0 Å². The van der Waals surface area contributed by atoms with Crippen molar-refractivity contribution < 1.29 is 4.79 Å². The molecule has 0 radical (unpaired) electrons. The van der Waals surface area contributed by atoms with E-state index in [2.05, 4.69) is 47.9 Å². The Bertz CT molecular complexity index is 943. The van der Waals surface area contributed by atoms with Crippen LogP contribution in [0.5, 0.6) is 0 Å². The van der Waals surface area contributed by atoms with Gasteiger partial charge in [0.15, 0.2) is 0 Å². The first kappa shape index (κ1) is 18.4. The Hall–Kier alpha value is -3.42. The standard InChI is InChI=1S/C23H21N3O/c1-17-10-12-20(13-11-17)23(19-7-3-2-4-8-19)25-16-22(27)26-21-9-5-6-18(14-21)15-24/h2-14,23,25H,16H2,1H3,(H,26,27)/t23-/m1/s1. The predicted molar refractivity (Wildman–Crippen MR) is 107 cm³/mol. The van der Waals surface area contributed by atoms with E-state index in [4.69, 9.17) is 5.26 Å². The van der Waals surface area contributed by atoms with E-state index in [0.717, 1.165) is 11.1 Å². The Morgan fingerprint density at radius 3 is 2.37 bits per heavy atom. The van der Waals surface area contributed by atoms with E-state index in [1.807, 2.05) is 30.3 Å². The number of hydrogen-bond donors (Lipinski definition) is 2. The van der Waals surface area contributed by atoms with E-state index < -0.39 is 0 Å². The monoisotopic (exact) mass is 355 g/mol. The van der Waals surface area contributed by atoms with Crippen LogP contribution in [-0.2, 0) is 4.79 Å². The van der Waals surface area contributed by atoms with Crippen molar-refractivity contribution in [1.82, 2.24) is 5.32 Å². The number of rotatable bonds is 6. The van der Waals surface area contributed by atoms with E-state index in [0.29, 0.717) is 11.3 Å². The summed E-state index contributed by atoms with van der Waals surface area (Å²) in [4.78, 5) is 12.4. The van der Waals surface area contributed by atoms with Crippen molar-refractivity contribution in [3.8, 4) is 6.07 Å². The van der Waals surface area contributed by atoms with Crippen LogP contribution in [0.25, 0.3) is 0 Å². The number of aryl methyl sites for hydroxylation is 1. The van der Waals surface area contributed by atoms with Gasteiger partial charge in [0.25, 0.3) is 0 Å². The minimum Gasteiger partial charge on any atom is -0.325 e. The predicted octanol–water partition coefficient (Wildman–Crippen LogP) is 4.18. The van der Waals surface area contributed by atoms with Gasteiger partial charge >= 0.3 is 0 Å². The molecule has 0 aliphatic heterocycles. The summed E-state index contributed by atoms with van der Waals surface area (Å²) in [6.45, 7) is 2.21. The highest BCUT2D eigenvalue weighted by molar-refractivity contribution is 5.92. The van der Waals surface area contributed by atoms with Gasteiger partial charge in [-0.15, -0.1) is 0 Å². The molecule has 1 atom stereocenters. The second-order valence-corrected chi connectivity index (χ2v) is 6.38. The summed E-state index contributed by atoms with van der Waals surface area (Å²) in [7, 11) is 0. The fourth-order valence-corrected chi connectivity index (χ4v) is 2.90. The molecule has 0 aromatic heterocycles. The lowest BCUT2D eigenvalue weighted by Gasteiger charge is -2.20. The fraction of sp³-hybridized carbons (Fsp3) is 0.130. The quantitative estimate of drug-likeness (QED) is 0.697. The van der Waals surface area contributed by atoms with Gasteiger partial charge in [-0.05, 0) is 36.2 Å². The molecule has 4 heteroatoms. The first-order valence-electron chi connectivity index (χ1n) is 8.80. The van der Waals surface area contributed by atoms with Crippen LogP contribution >= 0.6 is 0 Å². The number of benzene rings is 3. The van der Waals surface area contributed by atoms with Crippen molar-refractivity contribution in [3.05, 3.63) is 101 Å². The molecule has 0 spiro atoms. The molecule has 0 saturated carbocycles. The zero-order chi connectivity index (χ0) is 19.1. The Morgan fingerprint density at radius 2 is 1.67 bits per heavy atom. The topological polar surface area (TPSA) is 64.9 Å². The molecule has 3 aromatic rings. The van der Waals surface area contributed by atoms with Gasteiger partial charge in [-0.1, -0.05) is 66.2 Å². The third-order valence-corrected chi connectivity index (χ3v) is 4.29. The highest BCUT2D eigenvalue weighted by Gasteiger charge is 2.15. The molecule has 1 amide bonds. The molecule has 0 heterocycles. The van der Waals surface area contributed by atoms with Gasteiger partial charge in [0, 0.05) is 5.69 Å². The van der Waals surface area contributed by atoms with E-state index >= 15 is 0 Å². The summed E-state index contributed by atoms with van der Waals surface area (Å²) in [5, 5.41) is 15.1. The second kappa shape index (κ2) is 8.79. The van der Waals surface area contributed by atoms with Crippen molar-refractivity contribution in [2.45, 2.75) is 13.0 Å². The number of hydrogen-bond acceptors (Lipinski definition) is 3. The Labute approximate surface area is 159 Å². The Morgan fingerprint density at radius 1 is 0.963 bits per heavy atom. The van der Waals surface area contributed by atoms with E-state index in [-0.39, 0.29) is 18.5 Å². The number of anilines is 1. The molecular weight excluding hydrogens is 334 g/mol. The van der Waals surface area contributed by atoms with Gasteiger partial charge in [-0.25, -0.2) is 0 Å². The van der Waals surface area contributed by atoms with E-state index in [1.54, 1.807) is 24.3 Å². The van der Waals surface area contributed by atoms with Crippen molar-refractivity contribution in [2.75, 3.05) is 11.9 Å². The molecule has 3 aromatic carbocycles. The smallest absolute Gasteiger partial charge is 0.238 e. The minimum atomic E-state index is -0.155. The summed E-state index contributed by atoms with van der Waals surface area (Å²) in [6, 6.07) is 27.2. The molecule has 0 saturated heterocycles. The third-order valence-electron chi connectivity index (χ3n) is 4.29. The first-order valence-corrected chi connectivity index (χ1v) is 8.80. The number of nitrogens with zero attached hydrogens (tertiary/aromatic N) is 1. The maximum atomic E-state index is 12.4. The third kappa shape index (κ3) is 5.04. The molecule has 2 N–H and O–H groups in total. The molecule has 0 bridgehead atoms. The van der Waals surface area contributed by atoms with Crippen LogP contribution in [-0.4, -0.2) is 12.5 Å². The van der Waals surface area contributed by atoms with Crippen LogP contribution in [0.1, 0.15) is 28.3 Å². The maximum Gasteiger partial charge on any atom is 0.238 e. The molecule has 0 aliphatic carbocycles. The SMILES string of the molecule is Cc1ccc([C@H](NCC(=O)Nc2cccc(C#N)c2)c2ccccc2)cc1. The highest BCUT2D eigenvalue weighted by Crippen LogP contribution is 2.22. The lowest BCUT2D eigenvalue weighted by atomic mass is 9.98. The van der Waals surface area contributed by atoms with Crippen molar-refractivity contribution in [1.29, 1.82) is 5.26 Å². The van der Waals surface area contributed by atoms with Gasteiger partial charge in [-0.3, -0.25) is 10.1 Å². The van der Waals surface area contributed by atoms with Gasteiger partial charge in [0.1, 0.15) is 0 Å². The molecule has 3 rings (SSSR count).